The molecule has 0 radical (unpaired) electrons. The fourth-order valence-corrected chi connectivity index (χ4v) is 3.79. The van der Waals surface area contributed by atoms with E-state index in [1.165, 1.54) is 16.7 Å². The van der Waals surface area contributed by atoms with Gasteiger partial charge >= 0.3 is 0 Å². The molecule has 3 aromatic rings. The molecule has 1 heterocycles. The smallest absolute Gasteiger partial charge is 0.0648 e. The summed E-state index contributed by atoms with van der Waals surface area (Å²) in [6.45, 7) is 6.31. The maximum Gasteiger partial charge on any atom is 0.0648 e. The second-order valence-electron chi connectivity index (χ2n) is 8.73. The van der Waals surface area contributed by atoms with Crippen LogP contribution in [0.4, 0.5) is 0 Å². The van der Waals surface area contributed by atoms with Gasteiger partial charge in [0.25, 0.3) is 0 Å². The van der Waals surface area contributed by atoms with E-state index in [1.54, 1.807) is 11.3 Å². The molecule has 0 aliphatic rings. The SMILES string of the molecule is CC(C)(C)C#C/C=C/C/C(=C\c1cccc(/C=C/c2cccc(-c3ccsc3)c2)c1)CO. The van der Waals surface area contributed by atoms with Gasteiger partial charge in [-0.15, -0.1) is 0 Å². The first-order valence-electron chi connectivity index (χ1n) is 10.8. The molecule has 0 aliphatic heterocycles. The highest BCUT2D eigenvalue weighted by atomic mass is 32.1. The molecule has 0 bridgehead atoms. The van der Waals surface area contributed by atoms with Crippen LogP contribution in [0, 0.1) is 17.3 Å². The summed E-state index contributed by atoms with van der Waals surface area (Å²) in [4.78, 5) is 0. The van der Waals surface area contributed by atoms with Crippen LogP contribution in [0.5, 0.6) is 0 Å². The van der Waals surface area contributed by atoms with Crippen molar-refractivity contribution in [2.75, 3.05) is 6.61 Å². The van der Waals surface area contributed by atoms with E-state index >= 15 is 0 Å². The van der Waals surface area contributed by atoms with E-state index in [1.807, 2.05) is 18.2 Å². The lowest BCUT2D eigenvalue weighted by atomic mass is 9.98. The van der Waals surface area contributed by atoms with Crippen LogP contribution in [-0.2, 0) is 0 Å². The van der Waals surface area contributed by atoms with Gasteiger partial charge in [-0.25, -0.2) is 0 Å². The van der Waals surface area contributed by atoms with Gasteiger partial charge in [0.15, 0.2) is 0 Å². The van der Waals surface area contributed by atoms with Gasteiger partial charge in [-0.1, -0.05) is 72.5 Å². The molecule has 1 N–H and O–H groups in total. The molecule has 0 aliphatic carbocycles. The zero-order valence-electron chi connectivity index (χ0n) is 19.0. The van der Waals surface area contributed by atoms with Crippen LogP contribution < -0.4 is 0 Å². The molecule has 0 atom stereocenters. The number of aliphatic hydroxyl groups is 1. The Morgan fingerprint density at radius 2 is 1.66 bits per heavy atom. The molecule has 1 nitrogen and oxygen atoms in total. The standard InChI is InChI=1S/C30H30OS/c1-30(2,3)17-6-4-5-9-27(22-31)20-26-12-7-10-24(19-26)14-15-25-11-8-13-28(21-25)29-16-18-32-23-29/h4-5,7-8,10-16,18-21,23,31H,9,22H2,1-3H3/b5-4+,15-14+,27-20+. The number of benzene rings is 2. The molecule has 0 fully saturated rings. The van der Waals surface area contributed by atoms with E-state index in [0.717, 1.165) is 16.7 Å². The van der Waals surface area contributed by atoms with Crippen molar-refractivity contribution in [3.63, 3.8) is 0 Å². The summed E-state index contributed by atoms with van der Waals surface area (Å²) in [5.74, 6) is 6.26. The molecule has 0 amide bonds. The van der Waals surface area contributed by atoms with Crippen LogP contribution in [0.2, 0.25) is 0 Å². The first kappa shape index (κ1) is 23.5. The number of rotatable bonds is 7. The van der Waals surface area contributed by atoms with Gasteiger partial charge in [0.1, 0.15) is 0 Å². The maximum absolute atomic E-state index is 9.75. The largest absolute Gasteiger partial charge is 0.392 e. The lowest BCUT2D eigenvalue weighted by Crippen LogP contribution is -1.98. The fraction of sp³-hybridized carbons (Fsp3) is 0.200. The van der Waals surface area contributed by atoms with Crippen LogP contribution >= 0.6 is 11.3 Å². The van der Waals surface area contributed by atoms with Crippen LogP contribution in [-0.4, -0.2) is 11.7 Å². The Morgan fingerprint density at radius 1 is 0.938 bits per heavy atom. The van der Waals surface area contributed by atoms with E-state index in [0.29, 0.717) is 6.42 Å². The second kappa shape index (κ2) is 11.5. The molecular weight excluding hydrogens is 408 g/mol. The van der Waals surface area contributed by atoms with Crippen LogP contribution in [0.25, 0.3) is 29.4 Å². The lowest BCUT2D eigenvalue weighted by molar-refractivity contribution is 0.330. The minimum absolute atomic E-state index is 0.000829. The number of thiophene rings is 1. The quantitative estimate of drug-likeness (QED) is 0.293. The summed E-state index contributed by atoms with van der Waals surface area (Å²) in [6, 6.07) is 19.1. The van der Waals surface area contributed by atoms with Crippen LogP contribution in [0.15, 0.2) is 83.1 Å². The first-order valence-corrected chi connectivity index (χ1v) is 11.8. The van der Waals surface area contributed by atoms with Gasteiger partial charge in [0, 0.05) is 5.41 Å². The van der Waals surface area contributed by atoms with E-state index in [9.17, 15) is 5.11 Å². The van der Waals surface area contributed by atoms with Gasteiger partial charge < -0.3 is 5.11 Å². The zero-order valence-corrected chi connectivity index (χ0v) is 19.8. The minimum atomic E-state index is -0.000829. The molecule has 2 heteroatoms. The Kier molecular flexibility index (Phi) is 8.45. The lowest BCUT2D eigenvalue weighted by Gasteiger charge is -2.06. The number of hydrogen-bond donors (Lipinski definition) is 1. The Morgan fingerprint density at radius 3 is 2.34 bits per heavy atom. The van der Waals surface area contributed by atoms with E-state index in [-0.39, 0.29) is 12.0 Å². The third kappa shape index (κ3) is 7.85. The van der Waals surface area contributed by atoms with Crippen molar-refractivity contribution in [1.29, 1.82) is 0 Å². The zero-order chi connectivity index (χ0) is 22.8. The molecule has 0 saturated carbocycles. The molecule has 0 spiro atoms. The van der Waals surface area contributed by atoms with Crippen molar-refractivity contribution < 1.29 is 5.11 Å². The topological polar surface area (TPSA) is 20.2 Å². The number of allylic oxidation sites excluding steroid dienone is 2. The maximum atomic E-state index is 9.75. The molecule has 162 valence electrons. The highest BCUT2D eigenvalue weighted by molar-refractivity contribution is 7.08. The fourth-order valence-electron chi connectivity index (χ4n) is 3.13. The van der Waals surface area contributed by atoms with Gasteiger partial charge in [-0.3, -0.25) is 0 Å². The summed E-state index contributed by atoms with van der Waals surface area (Å²) in [5, 5.41) is 14.0. The van der Waals surface area contributed by atoms with Gasteiger partial charge in [-0.05, 0) is 95.6 Å². The monoisotopic (exact) mass is 438 g/mol. The highest BCUT2D eigenvalue weighted by Crippen LogP contribution is 2.24. The molecule has 1 aromatic heterocycles. The Bertz CT molecular complexity index is 1160. The van der Waals surface area contributed by atoms with Crippen LogP contribution in [0.1, 0.15) is 43.9 Å². The van der Waals surface area contributed by atoms with Gasteiger partial charge in [0.2, 0.25) is 0 Å². The van der Waals surface area contributed by atoms with E-state index < -0.39 is 0 Å². The van der Waals surface area contributed by atoms with E-state index in [4.69, 9.17) is 0 Å². The van der Waals surface area contributed by atoms with Crippen LogP contribution in [0.3, 0.4) is 0 Å². The Labute approximate surface area is 196 Å². The first-order chi connectivity index (χ1) is 15.4. The van der Waals surface area contributed by atoms with Crippen molar-refractivity contribution in [3.8, 4) is 23.0 Å². The minimum Gasteiger partial charge on any atom is -0.392 e. The normalized spacial score (nSPS) is 12.3. The predicted octanol–water partition coefficient (Wildman–Crippen LogP) is 7.96. The van der Waals surface area contributed by atoms with Crippen molar-refractivity contribution in [3.05, 3.63) is 99.8 Å². The third-order valence-electron chi connectivity index (χ3n) is 4.72. The summed E-state index contributed by atoms with van der Waals surface area (Å²) < 4.78 is 0. The Balaban J connectivity index is 1.69. The summed E-state index contributed by atoms with van der Waals surface area (Å²) in [5.41, 5.74) is 6.83. The number of aliphatic hydroxyl groups excluding tert-OH is 1. The van der Waals surface area contributed by atoms with Crippen molar-refractivity contribution in [2.45, 2.75) is 27.2 Å². The third-order valence-corrected chi connectivity index (χ3v) is 5.41. The van der Waals surface area contributed by atoms with E-state index in [2.05, 4.69) is 110 Å². The summed E-state index contributed by atoms with van der Waals surface area (Å²) in [6.07, 6.45) is 10.9. The molecule has 32 heavy (non-hydrogen) atoms. The molecule has 2 aromatic carbocycles. The summed E-state index contributed by atoms with van der Waals surface area (Å²) >= 11 is 1.71. The molecule has 0 unspecified atom stereocenters. The number of hydrogen-bond acceptors (Lipinski definition) is 2. The predicted molar refractivity (Wildman–Crippen MR) is 141 cm³/mol. The molecular formula is C30H30OS. The average Bonchev–Trinajstić information content (AvgIpc) is 3.31. The van der Waals surface area contributed by atoms with Crippen molar-refractivity contribution in [1.82, 2.24) is 0 Å². The average molecular weight is 439 g/mol. The molecule has 0 saturated heterocycles. The van der Waals surface area contributed by atoms with Gasteiger partial charge in [-0.2, -0.15) is 11.3 Å². The van der Waals surface area contributed by atoms with Gasteiger partial charge in [0.05, 0.1) is 6.61 Å². The Hall–Kier alpha value is -3.12. The summed E-state index contributed by atoms with van der Waals surface area (Å²) in [7, 11) is 0. The van der Waals surface area contributed by atoms with Crippen molar-refractivity contribution in [2.24, 2.45) is 5.41 Å². The second-order valence-corrected chi connectivity index (χ2v) is 9.51. The highest BCUT2D eigenvalue weighted by Gasteiger charge is 2.02. The molecule has 3 rings (SSSR count). The van der Waals surface area contributed by atoms with Crippen molar-refractivity contribution >= 4 is 29.6 Å².